The summed E-state index contributed by atoms with van der Waals surface area (Å²) in [6, 6.07) is -0.117. The molecule has 1 aliphatic heterocycles. The van der Waals surface area contributed by atoms with Crippen molar-refractivity contribution >= 4 is 19.7 Å². The monoisotopic (exact) mass is 284 g/mol. The van der Waals surface area contributed by atoms with Gasteiger partial charge in [-0.25, -0.2) is 16.8 Å². The highest BCUT2D eigenvalue weighted by molar-refractivity contribution is 7.91. The van der Waals surface area contributed by atoms with Crippen LogP contribution in [0.15, 0.2) is 0 Å². The summed E-state index contributed by atoms with van der Waals surface area (Å²) >= 11 is 0. The van der Waals surface area contributed by atoms with Gasteiger partial charge in [0.2, 0.25) is 0 Å². The van der Waals surface area contributed by atoms with Gasteiger partial charge in [0, 0.05) is 18.1 Å². The van der Waals surface area contributed by atoms with E-state index in [-0.39, 0.29) is 29.2 Å². The van der Waals surface area contributed by atoms with Crippen LogP contribution < -0.4 is 11.3 Å². The summed E-state index contributed by atoms with van der Waals surface area (Å²) < 4.78 is 44.6. The van der Waals surface area contributed by atoms with E-state index in [1.165, 1.54) is 6.26 Å². The van der Waals surface area contributed by atoms with Crippen LogP contribution in [0.2, 0.25) is 0 Å². The fraction of sp³-hybridized carbons (Fsp3) is 1.00. The molecule has 2 atom stereocenters. The van der Waals surface area contributed by atoms with Crippen LogP contribution in [0.4, 0.5) is 0 Å². The van der Waals surface area contributed by atoms with Crippen molar-refractivity contribution < 1.29 is 16.8 Å². The van der Waals surface area contributed by atoms with E-state index in [1.807, 2.05) is 0 Å². The molecule has 0 bridgehead atoms. The number of nitrogens with one attached hydrogen (secondary N) is 1. The lowest BCUT2D eigenvalue weighted by atomic mass is 9.96. The predicted octanol–water partition coefficient (Wildman–Crippen LogP) is -0.922. The number of sulfone groups is 2. The minimum Gasteiger partial charge on any atom is -0.271 e. The Balaban J connectivity index is 2.45. The number of hydrazine groups is 1. The maximum Gasteiger partial charge on any atom is 0.150 e. The smallest absolute Gasteiger partial charge is 0.150 e. The zero-order chi connectivity index (χ0) is 13.1. The fourth-order valence-electron chi connectivity index (χ4n) is 2.16. The third-order valence-corrected chi connectivity index (χ3v) is 5.91. The standard InChI is InChI=1S/C9H20N2O4S2/c1-16(12,13)5-2-3-9(11-10)8-4-6-17(14,15)7-8/h8-9,11H,2-7,10H2,1H3. The second kappa shape index (κ2) is 5.64. The van der Waals surface area contributed by atoms with Crippen LogP contribution in [0.3, 0.4) is 0 Å². The van der Waals surface area contributed by atoms with Gasteiger partial charge in [-0.05, 0) is 25.2 Å². The quantitative estimate of drug-likeness (QED) is 0.482. The molecule has 1 heterocycles. The number of hydrogen-bond acceptors (Lipinski definition) is 6. The van der Waals surface area contributed by atoms with Crippen molar-refractivity contribution in [1.82, 2.24) is 5.43 Å². The number of nitrogens with two attached hydrogens (primary N) is 1. The third kappa shape index (κ3) is 5.33. The van der Waals surface area contributed by atoms with Gasteiger partial charge in [0.15, 0.2) is 9.84 Å². The highest BCUT2D eigenvalue weighted by atomic mass is 32.2. The van der Waals surface area contributed by atoms with Crippen LogP contribution in [-0.4, -0.2) is 46.4 Å². The summed E-state index contributed by atoms with van der Waals surface area (Å²) in [6.45, 7) is 0. The molecule has 0 amide bonds. The molecule has 0 aromatic heterocycles. The molecule has 6 nitrogen and oxygen atoms in total. The summed E-state index contributed by atoms with van der Waals surface area (Å²) in [6.07, 6.45) is 2.89. The van der Waals surface area contributed by atoms with Gasteiger partial charge < -0.3 is 0 Å². The first kappa shape index (κ1) is 14.9. The molecule has 102 valence electrons. The highest BCUT2D eigenvalue weighted by Crippen LogP contribution is 2.23. The first-order chi connectivity index (χ1) is 7.73. The first-order valence-electron chi connectivity index (χ1n) is 5.58. The molecule has 0 spiro atoms. The van der Waals surface area contributed by atoms with Gasteiger partial charge in [0.05, 0.1) is 11.5 Å². The molecule has 1 rings (SSSR count). The second-order valence-corrected chi connectivity index (χ2v) is 9.20. The molecule has 0 aromatic carbocycles. The van der Waals surface area contributed by atoms with Crippen LogP contribution in [0, 0.1) is 5.92 Å². The summed E-state index contributed by atoms with van der Waals surface area (Å²) in [5, 5.41) is 0. The molecule has 17 heavy (non-hydrogen) atoms. The summed E-state index contributed by atoms with van der Waals surface area (Å²) in [5.41, 5.74) is 2.61. The van der Waals surface area contributed by atoms with E-state index < -0.39 is 19.7 Å². The van der Waals surface area contributed by atoms with Crippen LogP contribution >= 0.6 is 0 Å². The van der Waals surface area contributed by atoms with E-state index in [9.17, 15) is 16.8 Å². The summed E-state index contributed by atoms with van der Waals surface area (Å²) in [4.78, 5) is 0. The Morgan fingerprint density at radius 1 is 1.47 bits per heavy atom. The minimum atomic E-state index is -2.96. The SMILES string of the molecule is CS(=O)(=O)CCCC(NN)C1CCS(=O)(=O)C1. The molecule has 8 heteroatoms. The van der Waals surface area contributed by atoms with E-state index in [0.717, 1.165) is 0 Å². The van der Waals surface area contributed by atoms with Crippen LogP contribution in [0.25, 0.3) is 0 Å². The molecule has 0 aliphatic carbocycles. The number of hydrogen-bond donors (Lipinski definition) is 2. The Kier molecular flexibility index (Phi) is 4.94. The Labute approximate surface area is 103 Å². The van der Waals surface area contributed by atoms with E-state index >= 15 is 0 Å². The van der Waals surface area contributed by atoms with Gasteiger partial charge in [-0.15, -0.1) is 0 Å². The van der Waals surface area contributed by atoms with Gasteiger partial charge in [-0.3, -0.25) is 11.3 Å². The minimum absolute atomic E-state index is 0.00422. The van der Waals surface area contributed by atoms with E-state index in [2.05, 4.69) is 5.43 Å². The van der Waals surface area contributed by atoms with Gasteiger partial charge >= 0.3 is 0 Å². The summed E-state index contributed by atoms with van der Waals surface area (Å²) in [7, 11) is -5.88. The normalized spacial score (nSPS) is 25.9. The lowest BCUT2D eigenvalue weighted by Crippen LogP contribution is -2.41. The Bertz CT molecular complexity index is 444. The van der Waals surface area contributed by atoms with Crippen LogP contribution in [0.1, 0.15) is 19.3 Å². The van der Waals surface area contributed by atoms with Gasteiger partial charge in [-0.2, -0.15) is 0 Å². The van der Waals surface area contributed by atoms with Crippen molar-refractivity contribution in [2.24, 2.45) is 11.8 Å². The van der Waals surface area contributed by atoms with Crippen molar-refractivity contribution in [3.05, 3.63) is 0 Å². The zero-order valence-corrected chi connectivity index (χ0v) is 11.6. The average molecular weight is 284 g/mol. The van der Waals surface area contributed by atoms with Gasteiger partial charge in [-0.1, -0.05) is 0 Å². The Morgan fingerprint density at radius 3 is 2.53 bits per heavy atom. The third-order valence-electron chi connectivity index (χ3n) is 3.08. The molecule has 1 saturated heterocycles. The Hall–Kier alpha value is -0.180. The average Bonchev–Trinajstić information content (AvgIpc) is 2.52. The van der Waals surface area contributed by atoms with Crippen molar-refractivity contribution in [3.8, 4) is 0 Å². The number of rotatable bonds is 6. The highest BCUT2D eigenvalue weighted by Gasteiger charge is 2.32. The van der Waals surface area contributed by atoms with Crippen LogP contribution in [-0.2, 0) is 19.7 Å². The maximum atomic E-state index is 11.3. The zero-order valence-electron chi connectivity index (χ0n) is 9.92. The van der Waals surface area contributed by atoms with Crippen molar-refractivity contribution in [2.75, 3.05) is 23.5 Å². The van der Waals surface area contributed by atoms with Gasteiger partial charge in [0.25, 0.3) is 0 Å². The van der Waals surface area contributed by atoms with Crippen LogP contribution in [0.5, 0.6) is 0 Å². The molecular weight excluding hydrogens is 264 g/mol. The predicted molar refractivity (Wildman–Crippen MR) is 66.8 cm³/mol. The molecule has 1 aliphatic rings. The molecule has 1 fully saturated rings. The molecular formula is C9H20N2O4S2. The lowest BCUT2D eigenvalue weighted by molar-refractivity contribution is 0.364. The molecule has 2 unspecified atom stereocenters. The molecule has 0 aromatic rings. The lowest BCUT2D eigenvalue weighted by Gasteiger charge is -2.21. The van der Waals surface area contributed by atoms with E-state index in [1.54, 1.807) is 0 Å². The van der Waals surface area contributed by atoms with E-state index in [0.29, 0.717) is 19.3 Å². The maximum absolute atomic E-state index is 11.3. The first-order valence-corrected chi connectivity index (χ1v) is 9.46. The second-order valence-electron chi connectivity index (χ2n) is 4.71. The van der Waals surface area contributed by atoms with Crippen molar-refractivity contribution in [3.63, 3.8) is 0 Å². The summed E-state index contributed by atoms with van der Waals surface area (Å²) in [5.74, 6) is 5.88. The van der Waals surface area contributed by atoms with E-state index in [4.69, 9.17) is 5.84 Å². The topological polar surface area (TPSA) is 106 Å². The fourth-order valence-corrected chi connectivity index (χ4v) is 4.73. The van der Waals surface area contributed by atoms with Gasteiger partial charge in [0.1, 0.15) is 9.84 Å². The largest absolute Gasteiger partial charge is 0.271 e. The molecule has 0 radical (unpaired) electrons. The van der Waals surface area contributed by atoms with Crippen molar-refractivity contribution in [1.29, 1.82) is 0 Å². The Morgan fingerprint density at radius 2 is 2.12 bits per heavy atom. The van der Waals surface area contributed by atoms with Crippen molar-refractivity contribution in [2.45, 2.75) is 25.3 Å². The molecule has 3 N–H and O–H groups in total. The molecule has 0 saturated carbocycles.